The van der Waals surface area contributed by atoms with Crippen molar-refractivity contribution >= 4 is 36.7 Å². The molecule has 7 rings (SSSR count). The van der Waals surface area contributed by atoms with Crippen molar-refractivity contribution in [3.63, 3.8) is 0 Å². The van der Waals surface area contributed by atoms with Gasteiger partial charge in [-0.15, -0.1) is 0 Å². The van der Waals surface area contributed by atoms with Crippen LogP contribution in [0.2, 0.25) is 0 Å². The Balaban J connectivity index is 1.26. The van der Waals surface area contributed by atoms with Gasteiger partial charge in [-0.2, -0.15) is 0 Å². The Hall–Kier alpha value is -4.75. The van der Waals surface area contributed by atoms with Crippen LogP contribution >= 0.6 is 0 Å². The van der Waals surface area contributed by atoms with E-state index in [1.165, 1.54) is 63.8 Å². The summed E-state index contributed by atoms with van der Waals surface area (Å²) in [7, 11) is 0.829. The summed E-state index contributed by atoms with van der Waals surface area (Å²) in [4.78, 5) is 73.4. The summed E-state index contributed by atoms with van der Waals surface area (Å²) in [6.07, 6.45) is 16.4. The molecule has 5 amide bonds. The molecule has 2 aromatic rings. The van der Waals surface area contributed by atoms with E-state index in [0.717, 1.165) is 32.1 Å². The third-order valence-electron chi connectivity index (χ3n) is 16.5. The van der Waals surface area contributed by atoms with Gasteiger partial charge in [0.05, 0.1) is 17.6 Å². The molecule has 10 N–H and O–H groups in total. The fourth-order valence-corrected chi connectivity index (χ4v) is 11.9. The lowest BCUT2D eigenvalue weighted by atomic mass is 9.43. The summed E-state index contributed by atoms with van der Waals surface area (Å²) in [6, 6.07) is 6.17. The number of ether oxygens (including phenoxy) is 2. The van der Waals surface area contributed by atoms with Crippen LogP contribution < -0.4 is 47.9 Å². The molecule has 1 saturated heterocycles. The van der Waals surface area contributed by atoms with Crippen LogP contribution in [0.1, 0.15) is 168 Å². The van der Waals surface area contributed by atoms with Gasteiger partial charge in [0.15, 0.2) is 0 Å². The molecule has 5 aliphatic rings. The number of fused-ring (bicyclic) bond motifs is 5. The van der Waals surface area contributed by atoms with Gasteiger partial charge in [0, 0.05) is 44.1 Å². The Bertz CT molecular complexity index is 2230. The first-order chi connectivity index (χ1) is 36.0. The maximum atomic E-state index is 14.9. The van der Waals surface area contributed by atoms with Crippen LogP contribution in [0.4, 0.5) is 0 Å². The molecule has 0 unspecified atom stereocenters. The molecule has 3 saturated carbocycles. The maximum absolute atomic E-state index is 14.9. The zero-order valence-corrected chi connectivity index (χ0v) is 46.3. The van der Waals surface area contributed by atoms with Gasteiger partial charge in [0.25, 0.3) is 0 Å². The average Bonchev–Trinajstić information content (AvgIpc) is 3.76. The number of hydrogen-bond donors (Lipinski definition) is 7. The first-order valence-corrected chi connectivity index (χ1v) is 28.4. The number of likely N-dealkylation sites (N-methyl/N-ethyl adjacent to an activating group) is 1. The number of amides is 5. The Morgan fingerprint density at radius 1 is 0.800 bits per heavy atom. The van der Waals surface area contributed by atoms with Crippen LogP contribution in [-0.4, -0.2) is 117 Å². The molecule has 0 radical (unpaired) electrons. The maximum Gasteiger partial charge on any atom is 0.481 e. The van der Waals surface area contributed by atoms with Crippen molar-refractivity contribution in [2.24, 2.45) is 34.5 Å². The Morgan fingerprint density at radius 2 is 1.43 bits per heavy atom. The second kappa shape index (κ2) is 28.0. The number of unbranched alkanes of at least 4 members (excludes halogenated alkanes) is 11. The molecule has 2 aliphatic heterocycles. The predicted octanol–water partition coefficient (Wildman–Crippen LogP) is 6.16. The molecule has 18 heteroatoms. The highest BCUT2D eigenvalue weighted by molar-refractivity contribution is 6.47. The second-order valence-electron chi connectivity index (χ2n) is 22.5. The van der Waals surface area contributed by atoms with E-state index < -0.39 is 66.5 Å². The summed E-state index contributed by atoms with van der Waals surface area (Å²) >= 11 is 0. The molecular formula is C57H91BN8O9. The predicted molar refractivity (Wildman–Crippen MR) is 293 cm³/mol. The summed E-state index contributed by atoms with van der Waals surface area (Å²) in [6.45, 7) is 13.5. The Labute approximate surface area is 447 Å². The first kappa shape index (κ1) is 59.5. The fourth-order valence-electron chi connectivity index (χ4n) is 11.9. The van der Waals surface area contributed by atoms with Crippen LogP contribution in [-0.2, 0) is 39.7 Å². The van der Waals surface area contributed by atoms with Crippen LogP contribution in [0.5, 0.6) is 11.5 Å². The normalized spacial score (nSPS) is 24.6. The summed E-state index contributed by atoms with van der Waals surface area (Å²) in [5, 5.41) is 11.9. The number of rotatable bonds is 28. The van der Waals surface area contributed by atoms with Crippen molar-refractivity contribution in [1.29, 1.82) is 0 Å². The van der Waals surface area contributed by atoms with E-state index in [9.17, 15) is 24.0 Å². The molecule has 6 bridgehead atoms. The van der Waals surface area contributed by atoms with Crippen molar-refractivity contribution in [1.82, 2.24) is 26.2 Å². The average molecular weight is 1040 g/mol. The fraction of sp³-hybridized carbons (Fsp3) is 0.702. The van der Waals surface area contributed by atoms with Crippen molar-refractivity contribution < 1.29 is 42.8 Å². The standard InChI is InChI=1S/C57H91BN8O9/c1-8-9-10-11-12-13-14-15-16-17-18-22-50(67)64-44(21-19-20-27-59)55(71)66(7)51-40-24-26-47(73-31-29-61)43(34-40)42-32-39(23-25-46(42)72-30-28-60)33-45(65-52(68)37(2)62-54(51)70)53(69)63-38(3)58-74-49-36-41-35-48(56(41,4)5)57(49,6)75-58/h23-26,32,34,37-38,41,44-45,48-49,51H,8-22,27-31,33,35-36,59-61H2,1-7H3,(H,62,70)(H,63,69)(H,64,67)(H,65,68)/t37-,38-,41-,44-,45-,48-,49+,51-,57-/m0/s1. The number of hydrogen-bond acceptors (Lipinski definition) is 12. The van der Waals surface area contributed by atoms with Crippen LogP contribution in [0.15, 0.2) is 36.4 Å². The summed E-state index contributed by atoms with van der Waals surface area (Å²) in [5.74, 6) is -1.24. The van der Waals surface area contributed by atoms with E-state index in [4.69, 9.17) is 36.0 Å². The number of nitrogens with zero attached hydrogens (tertiary/aromatic N) is 1. The largest absolute Gasteiger partial charge is 0.492 e. The molecule has 75 heavy (non-hydrogen) atoms. The highest BCUT2D eigenvalue weighted by Gasteiger charge is 2.68. The highest BCUT2D eigenvalue weighted by Crippen LogP contribution is 2.65. The highest BCUT2D eigenvalue weighted by atomic mass is 16.7. The third-order valence-corrected chi connectivity index (χ3v) is 16.5. The zero-order chi connectivity index (χ0) is 54.3. The molecule has 4 fully saturated rings. The SMILES string of the molecule is CCCCCCCCCCCCCC(=O)N[C@@H](CCCCN)C(=O)N(C)[C@@H]1C(=O)N[C@@H](C)C(=O)N[C@H](C(=O)N[C@@H](C)B2O[C@@H]3C[C@@H]4C[C@@H](C4(C)C)[C@]3(C)O2)Cc2ccc(OCCN)c(c2)-c2cc1ccc2OCCN. The number of carbonyl (C=O) groups excluding carboxylic acids is 5. The quantitative estimate of drug-likeness (QED) is 0.0374. The van der Waals surface area contributed by atoms with Gasteiger partial charge in [-0.25, -0.2) is 0 Å². The first-order valence-electron chi connectivity index (χ1n) is 28.4. The van der Waals surface area contributed by atoms with Gasteiger partial charge in [-0.3, -0.25) is 24.0 Å². The monoisotopic (exact) mass is 1040 g/mol. The number of benzene rings is 2. The molecule has 0 spiro atoms. The lowest BCUT2D eigenvalue weighted by Gasteiger charge is -2.64. The van der Waals surface area contributed by atoms with Gasteiger partial charge < -0.3 is 62.2 Å². The molecule has 0 aromatic heterocycles. The molecule has 17 nitrogen and oxygen atoms in total. The third kappa shape index (κ3) is 15.1. The van der Waals surface area contributed by atoms with Crippen molar-refractivity contribution in [3.8, 4) is 22.6 Å². The lowest BCUT2D eigenvalue weighted by molar-refractivity contribution is -0.199. The number of nitrogens with one attached hydrogen (secondary N) is 4. The van der Waals surface area contributed by atoms with Crippen molar-refractivity contribution in [3.05, 3.63) is 47.5 Å². The summed E-state index contributed by atoms with van der Waals surface area (Å²) in [5.41, 5.74) is 19.6. The molecule has 2 aromatic carbocycles. The van der Waals surface area contributed by atoms with Gasteiger partial charge in [0.1, 0.15) is 48.9 Å². The zero-order valence-electron chi connectivity index (χ0n) is 46.3. The van der Waals surface area contributed by atoms with E-state index in [2.05, 4.69) is 49.0 Å². The summed E-state index contributed by atoms with van der Waals surface area (Å²) < 4.78 is 25.7. The van der Waals surface area contributed by atoms with Crippen LogP contribution in [0, 0.1) is 17.3 Å². The van der Waals surface area contributed by atoms with Crippen LogP contribution in [0.3, 0.4) is 0 Å². The minimum absolute atomic E-state index is 0.0643. The van der Waals surface area contributed by atoms with E-state index in [-0.39, 0.29) is 56.6 Å². The molecule has 2 heterocycles. The number of carbonyl (C=O) groups is 5. The van der Waals surface area contributed by atoms with E-state index in [0.29, 0.717) is 77.8 Å². The Morgan fingerprint density at radius 3 is 2.05 bits per heavy atom. The number of nitrogens with two attached hydrogens (primary N) is 3. The smallest absolute Gasteiger partial charge is 0.481 e. The minimum atomic E-state index is -1.30. The molecule has 9 atom stereocenters. The topological polar surface area (TPSA) is 252 Å². The van der Waals surface area contributed by atoms with Gasteiger partial charge in [-0.1, -0.05) is 97.1 Å². The molecular weight excluding hydrogens is 951 g/mol. The molecule has 3 aliphatic carbocycles. The van der Waals surface area contributed by atoms with E-state index >= 15 is 0 Å². The van der Waals surface area contributed by atoms with Crippen LogP contribution in [0.25, 0.3) is 11.1 Å². The minimum Gasteiger partial charge on any atom is -0.492 e. The lowest BCUT2D eigenvalue weighted by Crippen LogP contribution is -2.65. The Kier molecular flexibility index (Phi) is 22.3. The van der Waals surface area contributed by atoms with Gasteiger partial charge in [-0.05, 0) is 118 Å². The van der Waals surface area contributed by atoms with Gasteiger partial charge >= 0.3 is 7.12 Å². The van der Waals surface area contributed by atoms with Crippen molar-refractivity contribution in [2.45, 2.75) is 199 Å². The van der Waals surface area contributed by atoms with E-state index in [1.807, 2.05) is 19.1 Å². The second-order valence-corrected chi connectivity index (χ2v) is 22.5. The van der Waals surface area contributed by atoms with E-state index in [1.54, 1.807) is 24.3 Å². The van der Waals surface area contributed by atoms with Crippen molar-refractivity contribution in [2.75, 3.05) is 39.9 Å². The van der Waals surface area contributed by atoms with Gasteiger partial charge in [0.2, 0.25) is 29.5 Å². The molecule has 416 valence electrons.